The zero-order chi connectivity index (χ0) is 25.4. The molecule has 2 amide bonds. The van der Waals surface area contributed by atoms with Crippen LogP contribution in [0.4, 0.5) is 19.4 Å². The van der Waals surface area contributed by atoms with Crippen molar-refractivity contribution >= 4 is 18.1 Å². The molecule has 184 valence electrons. The molecule has 2 aliphatic heterocycles. The third-order valence-electron chi connectivity index (χ3n) is 6.43. The second-order valence-corrected chi connectivity index (χ2v) is 8.66. The van der Waals surface area contributed by atoms with Crippen LogP contribution in [0, 0.1) is 36.8 Å². The van der Waals surface area contributed by atoms with Crippen molar-refractivity contribution in [3.8, 4) is 11.9 Å². The van der Waals surface area contributed by atoms with Crippen LogP contribution in [0.2, 0.25) is 0 Å². The van der Waals surface area contributed by atoms with E-state index in [0.29, 0.717) is 66.8 Å². The van der Waals surface area contributed by atoms with Gasteiger partial charge in [0, 0.05) is 50.9 Å². The first-order valence-electron chi connectivity index (χ1n) is 11.5. The van der Waals surface area contributed by atoms with Gasteiger partial charge < -0.3 is 9.80 Å². The lowest BCUT2D eigenvalue weighted by molar-refractivity contribution is 0.139. The molecular formula is C24H23F2N9O. The summed E-state index contributed by atoms with van der Waals surface area (Å²) in [6.07, 6.45) is 3.42. The molecule has 2 aliphatic rings. The number of urea groups is 1. The first-order chi connectivity index (χ1) is 17.4. The molecule has 0 bridgehead atoms. The number of aromatic nitrogens is 4. The fraction of sp³-hybridized carbons (Fsp3) is 0.333. The van der Waals surface area contributed by atoms with Gasteiger partial charge in [0.2, 0.25) is 0 Å². The van der Waals surface area contributed by atoms with Gasteiger partial charge >= 0.3 is 6.03 Å². The Bertz CT molecular complexity index is 1370. The van der Waals surface area contributed by atoms with Gasteiger partial charge in [-0.15, -0.1) is 0 Å². The zero-order valence-electron chi connectivity index (χ0n) is 19.8. The summed E-state index contributed by atoms with van der Waals surface area (Å²) in [5.74, 6) is -0.138. The van der Waals surface area contributed by atoms with Crippen molar-refractivity contribution in [3.05, 3.63) is 64.7 Å². The monoisotopic (exact) mass is 491 g/mol. The standard InChI is InChI=1S/C24H23F2N9O/c1-15-20(13-27)16(2)34(31-15)23-12-22(28-14-29-23)32-5-7-33(8-6-32)24(36)35-21(3-4-30-35)17-9-18(25)11-19(26)10-17/h4,9-12,14,21H,3,5-8H2,1-2H3. The number of carbonyl (C=O) groups excluding carboxylic acids is 1. The Morgan fingerprint density at radius 3 is 2.39 bits per heavy atom. The minimum Gasteiger partial charge on any atom is -0.353 e. The van der Waals surface area contributed by atoms with Gasteiger partial charge in [-0.05, 0) is 31.5 Å². The number of nitriles is 1. The van der Waals surface area contributed by atoms with E-state index >= 15 is 0 Å². The van der Waals surface area contributed by atoms with Gasteiger partial charge in [0.05, 0.1) is 23.0 Å². The Labute approximate surface area is 206 Å². The minimum absolute atomic E-state index is 0.312. The van der Waals surface area contributed by atoms with Crippen LogP contribution >= 0.6 is 0 Å². The van der Waals surface area contributed by atoms with E-state index in [-0.39, 0.29) is 6.03 Å². The maximum atomic E-state index is 13.7. The Kier molecular flexibility index (Phi) is 6.05. The van der Waals surface area contributed by atoms with E-state index in [9.17, 15) is 18.8 Å². The molecule has 1 saturated heterocycles. The van der Waals surface area contributed by atoms with Crippen molar-refractivity contribution in [3.63, 3.8) is 0 Å². The average molecular weight is 492 g/mol. The molecule has 1 aromatic carbocycles. The third kappa shape index (κ3) is 4.24. The van der Waals surface area contributed by atoms with E-state index in [4.69, 9.17) is 0 Å². The molecule has 10 nitrogen and oxygen atoms in total. The summed E-state index contributed by atoms with van der Waals surface area (Å²) in [5, 5.41) is 19.3. The summed E-state index contributed by atoms with van der Waals surface area (Å²) in [7, 11) is 0. The highest BCUT2D eigenvalue weighted by atomic mass is 19.1. The van der Waals surface area contributed by atoms with E-state index in [1.165, 1.54) is 23.5 Å². The van der Waals surface area contributed by atoms with Crippen molar-refractivity contribution in [2.45, 2.75) is 26.3 Å². The molecule has 36 heavy (non-hydrogen) atoms. The molecule has 1 unspecified atom stereocenters. The number of benzene rings is 1. The quantitative estimate of drug-likeness (QED) is 0.557. The smallest absolute Gasteiger partial charge is 0.341 e. The van der Waals surface area contributed by atoms with E-state index in [0.717, 1.165) is 6.07 Å². The zero-order valence-corrected chi connectivity index (χ0v) is 19.8. The largest absolute Gasteiger partial charge is 0.353 e. The second-order valence-electron chi connectivity index (χ2n) is 8.66. The number of aryl methyl sites for hydroxylation is 1. The van der Waals surface area contributed by atoms with Crippen LogP contribution in [0.3, 0.4) is 0 Å². The maximum Gasteiger partial charge on any atom is 0.341 e. The van der Waals surface area contributed by atoms with Gasteiger partial charge in [0.15, 0.2) is 5.82 Å². The van der Waals surface area contributed by atoms with Gasteiger partial charge in [-0.2, -0.15) is 15.5 Å². The summed E-state index contributed by atoms with van der Waals surface area (Å²) in [5.41, 5.74) is 2.22. The van der Waals surface area contributed by atoms with Crippen LogP contribution < -0.4 is 4.90 Å². The molecule has 3 aromatic rings. The van der Waals surface area contributed by atoms with Crippen LogP contribution in [-0.4, -0.2) is 68.1 Å². The minimum atomic E-state index is -0.688. The topological polar surface area (TPSA) is 107 Å². The van der Waals surface area contributed by atoms with E-state index in [1.54, 1.807) is 28.8 Å². The molecule has 0 spiro atoms. The van der Waals surface area contributed by atoms with Crippen LogP contribution in [0.15, 0.2) is 35.7 Å². The summed E-state index contributed by atoms with van der Waals surface area (Å²) in [6.45, 7) is 5.50. The number of hydrogen-bond donors (Lipinski definition) is 0. The van der Waals surface area contributed by atoms with Crippen molar-refractivity contribution in [2.75, 3.05) is 31.1 Å². The molecular weight excluding hydrogens is 468 g/mol. The Morgan fingerprint density at radius 1 is 1.03 bits per heavy atom. The predicted octanol–water partition coefficient (Wildman–Crippen LogP) is 3.10. The lowest BCUT2D eigenvalue weighted by Crippen LogP contribution is -2.52. The normalized spacial score (nSPS) is 17.5. The van der Waals surface area contributed by atoms with E-state index < -0.39 is 17.7 Å². The van der Waals surface area contributed by atoms with Gasteiger partial charge in [-0.25, -0.2) is 33.2 Å². The number of hydrazone groups is 1. The maximum absolute atomic E-state index is 13.7. The van der Waals surface area contributed by atoms with E-state index in [1.807, 2.05) is 11.8 Å². The van der Waals surface area contributed by atoms with Crippen molar-refractivity contribution in [2.24, 2.45) is 5.10 Å². The molecule has 0 N–H and O–H groups in total. The van der Waals surface area contributed by atoms with Crippen molar-refractivity contribution in [1.82, 2.24) is 29.7 Å². The molecule has 0 aliphatic carbocycles. The summed E-state index contributed by atoms with van der Waals surface area (Å²) in [6, 6.07) is 6.37. The molecule has 0 saturated carbocycles. The third-order valence-corrected chi connectivity index (χ3v) is 6.43. The number of piperazine rings is 1. The number of rotatable bonds is 3. The predicted molar refractivity (Wildman–Crippen MR) is 127 cm³/mol. The Hall–Kier alpha value is -4.40. The fourth-order valence-corrected chi connectivity index (χ4v) is 4.57. The Morgan fingerprint density at radius 2 is 1.72 bits per heavy atom. The fourth-order valence-electron chi connectivity index (χ4n) is 4.57. The number of carbonyl (C=O) groups is 1. The molecule has 12 heteroatoms. The molecule has 1 fully saturated rings. The summed E-state index contributed by atoms with van der Waals surface area (Å²) < 4.78 is 29.1. The SMILES string of the molecule is Cc1nn(-c2cc(N3CCN(C(=O)N4N=CCC4c4cc(F)cc(F)c4)CC3)ncn2)c(C)c1C#N. The summed E-state index contributed by atoms with van der Waals surface area (Å²) >= 11 is 0. The van der Waals surface area contributed by atoms with Crippen LogP contribution in [0.25, 0.3) is 5.82 Å². The molecule has 0 radical (unpaired) electrons. The molecule has 4 heterocycles. The van der Waals surface area contributed by atoms with Crippen LogP contribution in [0.5, 0.6) is 0 Å². The van der Waals surface area contributed by atoms with Crippen molar-refractivity contribution in [1.29, 1.82) is 5.26 Å². The van der Waals surface area contributed by atoms with Gasteiger partial charge in [-0.3, -0.25) is 0 Å². The number of amides is 2. The van der Waals surface area contributed by atoms with Crippen molar-refractivity contribution < 1.29 is 13.6 Å². The number of anilines is 1. The first kappa shape index (κ1) is 23.3. The van der Waals surface area contributed by atoms with Gasteiger partial charge in [0.1, 0.15) is 29.8 Å². The highest BCUT2D eigenvalue weighted by Gasteiger charge is 2.33. The van der Waals surface area contributed by atoms with Crippen LogP contribution in [0.1, 0.15) is 35.0 Å². The molecule has 5 rings (SSSR count). The lowest BCUT2D eigenvalue weighted by Gasteiger charge is -2.37. The second kappa shape index (κ2) is 9.33. The molecule has 1 atom stereocenters. The first-order valence-corrected chi connectivity index (χ1v) is 11.5. The number of hydrogen-bond acceptors (Lipinski definition) is 7. The van der Waals surface area contributed by atoms with Gasteiger partial charge in [0.25, 0.3) is 0 Å². The van der Waals surface area contributed by atoms with E-state index in [2.05, 4.69) is 26.2 Å². The number of nitrogens with zero attached hydrogens (tertiary/aromatic N) is 9. The summed E-state index contributed by atoms with van der Waals surface area (Å²) in [4.78, 5) is 25.6. The average Bonchev–Trinajstić information content (AvgIpc) is 3.47. The molecule has 2 aromatic heterocycles. The van der Waals surface area contributed by atoms with Crippen LogP contribution in [-0.2, 0) is 0 Å². The Balaban J connectivity index is 1.27. The lowest BCUT2D eigenvalue weighted by atomic mass is 10.0. The van der Waals surface area contributed by atoms with Gasteiger partial charge in [-0.1, -0.05) is 0 Å². The highest BCUT2D eigenvalue weighted by Crippen LogP contribution is 2.30. The number of halogens is 2. The highest BCUT2D eigenvalue weighted by molar-refractivity contribution is 5.78.